The van der Waals surface area contributed by atoms with E-state index >= 15 is 0 Å². The highest BCUT2D eigenvalue weighted by molar-refractivity contribution is 5.78. The highest BCUT2D eigenvalue weighted by atomic mass is 16.5. The van der Waals surface area contributed by atoms with Crippen molar-refractivity contribution in [3.63, 3.8) is 0 Å². The number of amides is 1. The number of nitrogens with one attached hydrogen (secondary N) is 3. The van der Waals surface area contributed by atoms with Crippen molar-refractivity contribution in [2.24, 2.45) is 5.92 Å². The summed E-state index contributed by atoms with van der Waals surface area (Å²) in [5.41, 5.74) is -0.803. The number of carbonyl (C=O) groups excluding carboxylic acids is 1. The van der Waals surface area contributed by atoms with Crippen LogP contribution in [0.1, 0.15) is 20.8 Å². The average Bonchev–Trinajstić information content (AvgIpc) is 2.69. The first-order valence-electron chi connectivity index (χ1n) is 10.0. The van der Waals surface area contributed by atoms with Crippen molar-refractivity contribution >= 4 is 5.91 Å². The summed E-state index contributed by atoms with van der Waals surface area (Å²) in [6, 6.07) is 9.85. The SMILES string of the molecule is COc1ccc(OCC[NH+]2CC[NH+](CC(=O)N[C@](C)(C#N)C(C)C)CC2)cc1. The van der Waals surface area contributed by atoms with Gasteiger partial charge in [-0.15, -0.1) is 0 Å². The van der Waals surface area contributed by atoms with Crippen molar-refractivity contribution in [1.29, 1.82) is 5.26 Å². The molecule has 1 aromatic carbocycles. The molecule has 3 N–H and O–H groups in total. The summed E-state index contributed by atoms with van der Waals surface area (Å²) >= 11 is 0. The summed E-state index contributed by atoms with van der Waals surface area (Å²) in [5, 5.41) is 12.2. The van der Waals surface area contributed by atoms with E-state index < -0.39 is 5.54 Å². The lowest BCUT2D eigenvalue weighted by Crippen LogP contribution is -3.28. The second-order valence-electron chi connectivity index (χ2n) is 7.97. The molecule has 7 heteroatoms. The van der Waals surface area contributed by atoms with Crippen LogP contribution in [0.4, 0.5) is 0 Å². The summed E-state index contributed by atoms with van der Waals surface area (Å²) in [4.78, 5) is 15.1. The summed E-state index contributed by atoms with van der Waals surface area (Å²) in [5.74, 6) is 1.71. The van der Waals surface area contributed by atoms with Crippen molar-refractivity contribution in [2.45, 2.75) is 26.3 Å². The van der Waals surface area contributed by atoms with Crippen molar-refractivity contribution in [1.82, 2.24) is 5.32 Å². The molecule has 0 spiro atoms. The molecule has 7 nitrogen and oxygen atoms in total. The lowest BCUT2D eigenvalue weighted by molar-refractivity contribution is -1.01. The number of rotatable bonds is 9. The smallest absolute Gasteiger partial charge is 0.276 e. The van der Waals surface area contributed by atoms with Gasteiger partial charge < -0.3 is 24.6 Å². The molecule has 0 unspecified atom stereocenters. The first-order chi connectivity index (χ1) is 13.4. The van der Waals surface area contributed by atoms with E-state index in [0.29, 0.717) is 13.2 Å². The average molecular weight is 391 g/mol. The zero-order valence-electron chi connectivity index (χ0n) is 17.5. The van der Waals surface area contributed by atoms with Crippen LogP contribution < -0.4 is 24.6 Å². The minimum atomic E-state index is -0.803. The fourth-order valence-electron chi connectivity index (χ4n) is 3.23. The molecule has 1 aromatic rings. The van der Waals surface area contributed by atoms with E-state index in [9.17, 15) is 10.1 Å². The molecule has 1 saturated heterocycles. The fourth-order valence-corrected chi connectivity index (χ4v) is 3.23. The molecule has 1 fully saturated rings. The summed E-state index contributed by atoms with van der Waals surface area (Å²) in [6.45, 7) is 11.7. The van der Waals surface area contributed by atoms with E-state index in [2.05, 4.69) is 11.4 Å². The Morgan fingerprint density at radius 3 is 2.29 bits per heavy atom. The predicted molar refractivity (Wildman–Crippen MR) is 107 cm³/mol. The van der Waals surface area contributed by atoms with Gasteiger partial charge in [-0.25, -0.2) is 0 Å². The van der Waals surface area contributed by atoms with Crippen LogP contribution in [0.2, 0.25) is 0 Å². The molecule has 1 atom stereocenters. The van der Waals surface area contributed by atoms with Crippen LogP contribution in [-0.4, -0.2) is 64.4 Å². The molecular formula is C21H34N4O3+2. The lowest BCUT2D eigenvalue weighted by atomic mass is 9.90. The molecule has 1 aliphatic rings. The Labute approximate surface area is 168 Å². The third-order valence-electron chi connectivity index (χ3n) is 5.64. The second kappa shape index (κ2) is 10.3. The van der Waals surface area contributed by atoms with Crippen molar-refractivity contribution in [3.8, 4) is 17.6 Å². The monoisotopic (exact) mass is 390 g/mol. The van der Waals surface area contributed by atoms with Gasteiger partial charge in [0.2, 0.25) is 0 Å². The van der Waals surface area contributed by atoms with Gasteiger partial charge in [-0.2, -0.15) is 5.26 Å². The first-order valence-corrected chi connectivity index (χ1v) is 10.0. The van der Waals surface area contributed by atoms with Gasteiger partial charge in [0.15, 0.2) is 6.54 Å². The van der Waals surface area contributed by atoms with Crippen molar-refractivity contribution < 1.29 is 24.1 Å². The maximum Gasteiger partial charge on any atom is 0.276 e. The number of hydrogen-bond acceptors (Lipinski definition) is 4. The van der Waals surface area contributed by atoms with E-state index in [0.717, 1.165) is 44.2 Å². The van der Waals surface area contributed by atoms with Gasteiger partial charge in [-0.05, 0) is 37.1 Å². The van der Waals surface area contributed by atoms with E-state index in [1.54, 1.807) is 14.0 Å². The Morgan fingerprint density at radius 2 is 1.75 bits per heavy atom. The number of carbonyl (C=O) groups is 1. The Bertz CT molecular complexity index is 663. The third-order valence-corrected chi connectivity index (χ3v) is 5.64. The van der Waals surface area contributed by atoms with Crippen LogP contribution in [0.3, 0.4) is 0 Å². The molecule has 154 valence electrons. The molecule has 0 bridgehead atoms. The van der Waals surface area contributed by atoms with Crippen LogP contribution in [0.25, 0.3) is 0 Å². The van der Waals surface area contributed by atoms with Gasteiger partial charge in [0, 0.05) is 0 Å². The van der Waals surface area contributed by atoms with Gasteiger partial charge >= 0.3 is 0 Å². The summed E-state index contributed by atoms with van der Waals surface area (Å²) in [7, 11) is 1.65. The Hall–Kier alpha value is -2.30. The third kappa shape index (κ3) is 6.39. The van der Waals surface area contributed by atoms with Gasteiger partial charge in [-0.3, -0.25) is 4.79 Å². The number of nitrogens with zero attached hydrogens (tertiary/aromatic N) is 1. The molecule has 1 aliphatic heterocycles. The fraction of sp³-hybridized carbons (Fsp3) is 0.619. The quantitative estimate of drug-likeness (QED) is 0.501. The van der Waals surface area contributed by atoms with Crippen molar-refractivity contribution in [3.05, 3.63) is 24.3 Å². The Morgan fingerprint density at radius 1 is 1.18 bits per heavy atom. The number of quaternary nitrogens is 2. The number of nitriles is 1. The predicted octanol–water partition coefficient (Wildman–Crippen LogP) is -1.09. The molecule has 1 amide bonds. The maximum absolute atomic E-state index is 12.3. The zero-order valence-corrected chi connectivity index (χ0v) is 17.5. The first kappa shape index (κ1) is 22.0. The Balaban J connectivity index is 1.66. The van der Waals surface area contributed by atoms with E-state index in [1.165, 1.54) is 9.80 Å². The number of hydrogen-bond donors (Lipinski definition) is 3. The van der Waals surface area contributed by atoms with E-state index in [-0.39, 0.29) is 11.8 Å². The minimum Gasteiger partial charge on any atom is -0.497 e. The van der Waals surface area contributed by atoms with Gasteiger partial charge in [0.25, 0.3) is 5.91 Å². The highest BCUT2D eigenvalue weighted by Crippen LogP contribution is 2.16. The molecule has 1 heterocycles. The summed E-state index contributed by atoms with van der Waals surface area (Å²) < 4.78 is 11.0. The van der Waals surface area contributed by atoms with Gasteiger partial charge in [-0.1, -0.05) is 13.8 Å². The standard InChI is InChI=1S/C21H32N4O3/c1-17(2)21(3,16-22)23-20(26)15-25-11-9-24(10-12-25)13-14-28-19-7-5-18(27-4)6-8-19/h5-8,17H,9-15H2,1-4H3,(H,23,26)/p+2/t21-/m1/s1. The van der Waals surface area contributed by atoms with Crippen LogP contribution in [0.15, 0.2) is 24.3 Å². The molecular weight excluding hydrogens is 356 g/mol. The number of methoxy groups -OCH3 is 1. The summed E-state index contributed by atoms with van der Waals surface area (Å²) in [6.07, 6.45) is 0. The molecule has 0 radical (unpaired) electrons. The zero-order chi connectivity index (χ0) is 20.6. The topological polar surface area (TPSA) is 80.2 Å². The van der Waals surface area contributed by atoms with Crippen molar-refractivity contribution in [2.75, 3.05) is 53.0 Å². The molecule has 28 heavy (non-hydrogen) atoms. The number of benzene rings is 1. The molecule has 0 saturated carbocycles. The largest absolute Gasteiger partial charge is 0.497 e. The lowest BCUT2D eigenvalue weighted by Gasteiger charge is -2.31. The van der Waals surface area contributed by atoms with Crippen LogP contribution >= 0.6 is 0 Å². The van der Waals surface area contributed by atoms with E-state index in [1.807, 2.05) is 38.1 Å². The Kier molecular flexibility index (Phi) is 8.09. The number of ether oxygens (including phenoxy) is 2. The van der Waals surface area contributed by atoms with E-state index in [4.69, 9.17) is 9.47 Å². The second-order valence-corrected chi connectivity index (χ2v) is 7.97. The van der Waals surface area contributed by atoms with Gasteiger partial charge in [0.05, 0.1) is 13.2 Å². The van der Waals surface area contributed by atoms with Gasteiger partial charge in [0.1, 0.15) is 56.4 Å². The highest BCUT2D eigenvalue weighted by Gasteiger charge is 2.32. The van der Waals surface area contributed by atoms with Crippen LogP contribution in [-0.2, 0) is 4.79 Å². The number of piperazine rings is 1. The maximum atomic E-state index is 12.3. The molecule has 0 aromatic heterocycles. The molecule has 0 aliphatic carbocycles. The van der Waals surface area contributed by atoms with Crippen LogP contribution in [0.5, 0.6) is 11.5 Å². The normalized spacial score (nSPS) is 21.4. The molecule has 2 rings (SSSR count). The van der Waals surface area contributed by atoms with Crippen LogP contribution in [0, 0.1) is 17.2 Å². The minimum absolute atomic E-state index is 0.0426.